The number of nitrogens with one attached hydrogen (secondary N) is 1. The van der Waals surface area contributed by atoms with E-state index in [1.165, 1.54) is 0 Å². The van der Waals surface area contributed by atoms with Crippen molar-refractivity contribution in [3.05, 3.63) is 58.1 Å². The van der Waals surface area contributed by atoms with Crippen molar-refractivity contribution < 1.29 is 0 Å². The van der Waals surface area contributed by atoms with E-state index < -0.39 is 0 Å². The molecule has 1 aromatic heterocycles. The second kappa shape index (κ2) is 6.85. The summed E-state index contributed by atoms with van der Waals surface area (Å²) >= 11 is 12.0. The maximum Gasteiger partial charge on any atom is 0.115 e. The lowest BCUT2D eigenvalue weighted by Gasteiger charge is -2.17. The fourth-order valence-corrected chi connectivity index (χ4v) is 2.18. The Labute approximate surface area is 123 Å². The molecule has 2 rings (SSSR count). The molecule has 0 aliphatic carbocycles. The highest BCUT2D eigenvalue weighted by molar-refractivity contribution is 6.42. The monoisotopic (exact) mass is 295 g/mol. The molecule has 2 aromatic rings. The number of hydrogen-bond acceptors (Lipinski definition) is 3. The van der Waals surface area contributed by atoms with Gasteiger partial charge in [-0.15, -0.1) is 0 Å². The Morgan fingerprint density at radius 1 is 1.21 bits per heavy atom. The van der Waals surface area contributed by atoms with Crippen molar-refractivity contribution in [2.24, 2.45) is 0 Å². The maximum absolute atomic E-state index is 6.05. The molecule has 0 aliphatic rings. The van der Waals surface area contributed by atoms with Crippen LogP contribution in [0.1, 0.15) is 30.6 Å². The highest BCUT2D eigenvalue weighted by Crippen LogP contribution is 2.26. The fraction of sp³-hybridized carbons (Fsp3) is 0.286. The summed E-state index contributed by atoms with van der Waals surface area (Å²) in [5.41, 5.74) is 2.10. The van der Waals surface area contributed by atoms with Crippen LogP contribution in [0.3, 0.4) is 0 Å². The molecular formula is C14H15Cl2N3. The van der Waals surface area contributed by atoms with E-state index in [1.807, 2.05) is 24.3 Å². The molecule has 0 saturated heterocycles. The number of halogens is 2. The van der Waals surface area contributed by atoms with Crippen LogP contribution in [0.15, 0.2) is 36.8 Å². The minimum Gasteiger partial charge on any atom is -0.304 e. The van der Waals surface area contributed by atoms with Crippen molar-refractivity contribution in [3.8, 4) is 0 Å². The second-order valence-corrected chi connectivity index (χ2v) is 5.03. The third-order valence-corrected chi connectivity index (χ3v) is 3.67. The summed E-state index contributed by atoms with van der Waals surface area (Å²) < 4.78 is 0. The Morgan fingerprint density at radius 2 is 2.05 bits per heavy atom. The van der Waals surface area contributed by atoms with Crippen LogP contribution in [-0.2, 0) is 6.54 Å². The first-order chi connectivity index (χ1) is 9.20. The van der Waals surface area contributed by atoms with Crippen molar-refractivity contribution in [1.29, 1.82) is 0 Å². The average Bonchev–Trinajstić information content (AvgIpc) is 2.44. The molecule has 0 saturated carbocycles. The zero-order chi connectivity index (χ0) is 13.7. The van der Waals surface area contributed by atoms with Gasteiger partial charge in [-0.25, -0.2) is 9.97 Å². The van der Waals surface area contributed by atoms with Crippen molar-refractivity contribution in [2.75, 3.05) is 0 Å². The molecule has 1 aromatic carbocycles. The molecule has 1 N–H and O–H groups in total. The molecule has 0 spiro atoms. The van der Waals surface area contributed by atoms with Gasteiger partial charge in [0.15, 0.2) is 0 Å². The van der Waals surface area contributed by atoms with Gasteiger partial charge in [0, 0.05) is 18.8 Å². The van der Waals surface area contributed by atoms with Gasteiger partial charge in [-0.05, 0) is 30.2 Å². The zero-order valence-electron chi connectivity index (χ0n) is 10.6. The molecular weight excluding hydrogens is 281 g/mol. The van der Waals surface area contributed by atoms with E-state index in [4.69, 9.17) is 23.2 Å². The Bertz CT molecular complexity index is 531. The number of rotatable bonds is 5. The quantitative estimate of drug-likeness (QED) is 0.905. The summed E-state index contributed by atoms with van der Waals surface area (Å²) in [4.78, 5) is 8.09. The summed E-state index contributed by atoms with van der Waals surface area (Å²) in [7, 11) is 0. The SMILES string of the molecule is CCC(NCc1ccncn1)c1ccc(Cl)c(Cl)c1. The summed E-state index contributed by atoms with van der Waals surface area (Å²) in [6.07, 6.45) is 4.25. The van der Waals surface area contributed by atoms with Gasteiger partial charge in [-0.2, -0.15) is 0 Å². The van der Waals surface area contributed by atoms with Crippen molar-refractivity contribution >= 4 is 23.2 Å². The Morgan fingerprint density at radius 3 is 2.68 bits per heavy atom. The van der Waals surface area contributed by atoms with E-state index in [2.05, 4.69) is 22.2 Å². The van der Waals surface area contributed by atoms with Gasteiger partial charge < -0.3 is 5.32 Å². The minimum atomic E-state index is 0.227. The van der Waals surface area contributed by atoms with Gasteiger partial charge in [-0.3, -0.25) is 0 Å². The molecule has 19 heavy (non-hydrogen) atoms. The topological polar surface area (TPSA) is 37.8 Å². The van der Waals surface area contributed by atoms with Gasteiger partial charge in [0.05, 0.1) is 15.7 Å². The smallest absolute Gasteiger partial charge is 0.115 e. The van der Waals surface area contributed by atoms with Crippen LogP contribution in [0.5, 0.6) is 0 Å². The van der Waals surface area contributed by atoms with Gasteiger partial charge in [-0.1, -0.05) is 36.2 Å². The normalized spacial score (nSPS) is 12.4. The van der Waals surface area contributed by atoms with Crippen molar-refractivity contribution in [2.45, 2.75) is 25.9 Å². The molecule has 100 valence electrons. The van der Waals surface area contributed by atoms with Gasteiger partial charge in [0.25, 0.3) is 0 Å². The van der Waals surface area contributed by atoms with E-state index in [-0.39, 0.29) is 6.04 Å². The number of aromatic nitrogens is 2. The summed E-state index contributed by atoms with van der Waals surface area (Å²) in [5.74, 6) is 0. The third kappa shape index (κ3) is 3.90. The number of nitrogens with zero attached hydrogens (tertiary/aromatic N) is 2. The predicted octanol–water partition coefficient (Wildman–Crippen LogP) is 4.02. The van der Waals surface area contributed by atoms with Crippen LogP contribution in [0.25, 0.3) is 0 Å². The van der Waals surface area contributed by atoms with Gasteiger partial charge >= 0.3 is 0 Å². The van der Waals surface area contributed by atoms with Crippen molar-refractivity contribution in [1.82, 2.24) is 15.3 Å². The molecule has 0 fully saturated rings. The molecule has 0 aliphatic heterocycles. The van der Waals surface area contributed by atoms with Crippen molar-refractivity contribution in [3.63, 3.8) is 0 Å². The highest BCUT2D eigenvalue weighted by atomic mass is 35.5. The standard InChI is InChI=1S/C14H15Cl2N3/c1-2-14(10-3-4-12(15)13(16)7-10)18-8-11-5-6-17-9-19-11/h3-7,9,14,18H,2,8H2,1H3. The molecule has 0 radical (unpaired) electrons. The van der Waals surface area contributed by atoms with Crippen LogP contribution in [-0.4, -0.2) is 9.97 Å². The molecule has 0 amide bonds. The van der Waals surface area contributed by atoms with E-state index in [0.29, 0.717) is 16.6 Å². The van der Waals surface area contributed by atoms with Crippen LogP contribution < -0.4 is 5.32 Å². The predicted molar refractivity (Wildman–Crippen MR) is 78.4 cm³/mol. The van der Waals surface area contributed by atoms with Gasteiger partial charge in [0.1, 0.15) is 6.33 Å². The molecule has 3 nitrogen and oxygen atoms in total. The summed E-state index contributed by atoms with van der Waals surface area (Å²) in [5, 5.41) is 4.62. The minimum absolute atomic E-state index is 0.227. The van der Waals surface area contributed by atoms with E-state index >= 15 is 0 Å². The van der Waals surface area contributed by atoms with Gasteiger partial charge in [0.2, 0.25) is 0 Å². The molecule has 1 atom stereocenters. The van der Waals surface area contributed by atoms with Crippen LogP contribution in [0.4, 0.5) is 0 Å². The lowest BCUT2D eigenvalue weighted by atomic mass is 10.0. The first-order valence-corrected chi connectivity index (χ1v) is 6.89. The number of hydrogen-bond donors (Lipinski definition) is 1. The fourth-order valence-electron chi connectivity index (χ4n) is 1.88. The molecule has 0 bridgehead atoms. The van der Waals surface area contributed by atoms with E-state index in [9.17, 15) is 0 Å². The van der Waals surface area contributed by atoms with Crippen LogP contribution in [0, 0.1) is 0 Å². The van der Waals surface area contributed by atoms with E-state index in [0.717, 1.165) is 17.7 Å². The molecule has 1 heterocycles. The third-order valence-electron chi connectivity index (χ3n) is 2.93. The lowest BCUT2D eigenvalue weighted by Crippen LogP contribution is -2.20. The van der Waals surface area contributed by atoms with Crippen LogP contribution in [0.2, 0.25) is 10.0 Å². The Kier molecular flexibility index (Phi) is 5.14. The first-order valence-electron chi connectivity index (χ1n) is 6.14. The Hall–Kier alpha value is -1.16. The van der Waals surface area contributed by atoms with Crippen LogP contribution >= 0.6 is 23.2 Å². The number of benzene rings is 1. The zero-order valence-corrected chi connectivity index (χ0v) is 12.1. The molecule has 1 unspecified atom stereocenters. The highest BCUT2D eigenvalue weighted by Gasteiger charge is 2.10. The lowest BCUT2D eigenvalue weighted by molar-refractivity contribution is 0.514. The van der Waals surface area contributed by atoms with E-state index in [1.54, 1.807) is 12.5 Å². The molecule has 5 heteroatoms. The Balaban J connectivity index is 2.05. The largest absolute Gasteiger partial charge is 0.304 e. The first kappa shape index (κ1) is 14.3. The second-order valence-electron chi connectivity index (χ2n) is 4.22. The summed E-state index contributed by atoms with van der Waals surface area (Å²) in [6.45, 7) is 2.82. The maximum atomic E-state index is 6.05. The summed E-state index contributed by atoms with van der Waals surface area (Å²) in [6, 6.07) is 7.85. The average molecular weight is 296 g/mol.